The molecule has 3 nitrogen and oxygen atoms in total. The molecule has 0 bridgehead atoms. The highest BCUT2D eigenvalue weighted by molar-refractivity contribution is 5.54. The normalized spacial score (nSPS) is 14.8. The summed E-state index contributed by atoms with van der Waals surface area (Å²) in [5.74, 6) is -0.118. The lowest BCUT2D eigenvalue weighted by molar-refractivity contribution is 0.401. The van der Waals surface area contributed by atoms with Crippen LogP contribution < -0.4 is 10.2 Å². The summed E-state index contributed by atoms with van der Waals surface area (Å²) in [7, 11) is 6.11. The molecule has 1 saturated carbocycles. The van der Waals surface area contributed by atoms with E-state index in [1.54, 1.807) is 12.1 Å². The molecule has 0 amide bonds. The summed E-state index contributed by atoms with van der Waals surface area (Å²) >= 11 is 0. The first-order valence-electron chi connectivity index (χ1n) is 7.44. The fourth-order valence-corrected chi connectivity index (χ4v) is 2.41. The molecule has 1 aliphatic rings. The second-order valence-electron chi connectivity index (χ2n) is 5.98. The SMILES string of the molecule is CN(C)CCCN(C)c1c(F)cccc1CNC1CC1. The maximum absolute atomic E-state index is 14.1. The topological polar surface area (TPSA) is 18.5 Å². The number of rotatable bonds is 8. The molecule has 0 unspecified atom stereocenters. The van der Waals surface area contributed by atoms with Gasteiger partial charge >= 0.3 is 0 Å². The number of nitrogens with zero attached hydrogens (tertiary/aromatic N) is 2. The molecule has 0 aliphatic heterocycles. The van der Waals surface area contributed by atoms with Gasteiger partial charge in [0.05, 0.1) is 5.69 Å². The Labute approximate surface area is 121 Å². The molecule has 1 fully saturated rings. The zero-order chi connectivity index (χ0) is 14.5. The quantitative estimate of drug-likeness (QED) is 0.788. The Morgan fingerprint density at radius 1 is 1.20 bits per heavy atom. The van der Waals surface area contributed by atoms with Gasteiger partial charge in [-0.05, 0) is 51.5 Å². The van der Waals surface area contributed by atoms with E-state index >= 15 is 0 Å². The maximum atomic E-state index is 14.1. The second-order valence-corrected chi connectivity index (χ2v) is 5.98. The zero-order valence-electron chi connectivity index (χ0n) is 12.8. The Balaban J connectivity index is 1.99. The van der Waals surface area contributed by atoms with Crippen molar-refractivity contribution in [1.29, 1.82) is 0 Å². The van der Waals surface area contributed by atoms with Gasteiger partial charge in [0.1, 0.15) is 5.82 Å². The highest BCUT2D eigenvalue weighted by Crippen LogP contribution is 2.25. The van der Waals surface area contributed by atoms with Crippen molar-refractivity contribution in [1.82, 2.24) is 10.2 Å². The smallest absolute Gasteiger partial charge is 0.146 e. The minimum absolute atomic E-state index is 0.118. The minimum atomic E-state index is -0.118. The summed E-state index contributed by atoms with van der Waals surface area (Å²) in [5.41, 5.74) is 1.81. The molecule has 112 valence electrons. The van der Waals surface area contributed by atoms with Crippen LogP contribution in [0.15, 0.2) is 18.2 Å². The third-order valence-corrected chi connectivity index (χ3v) is 3.71. The van der Waals surface area contributed by atoms with Crippen LogP contribution in [0.1, 0.15) is 24.8 Å². The molecule has 0 heterocycles. The van der Waals surface area contributed by atoms with Gasteiger partial charge < -0.3 is 15.1 Å². The van der Waals surface area contributed by atoms with Gasteiger partial charge in [0.25, 0.3) is 0 Å². The van der Waals surface area contributed by atoms with Crippen LogP contribution in [-0.4, -0.2) is 45.2 Å². The number of hydrogen-bond acceptors (Lipinski definition) is 3. The van der Waals surface area contributed by atoms with Crippen molar-refractivity contribution in [2.45, 2.75) is 31.8 Å². The lowest BCUT2D eigenvalue weighted by Gasteiger charge is -2.24. The molecule has 1 N–H and O–H groups in total. The van der Waals surface area contributed by atoms with Crippen LogP contribution in [0.2, 0.25) is 0 Å². The third kappa shape index (κ3) is 4.46. The van der Waals surface area contributed by atoms with Crippen molar-refractivity contribution in [3.05, 3.63) is 29.6 Å². The summed E-state index contributed by atoms with van der Waals surface area (Å²) < 4.78 is 14.1. The predicted molar refractivity (Wildman–Crippen MR) is 82.7 cm³/mol. The number of benzene rings is 1. The van der Waals surface area contributed by atoms with Crippen molar-refractivity contribution in [2.75, 3.05) is 39.1 Å². The van der Waals surface area contributed by atoms with Gasteiger partial charge in [0.2, 0.25) is 0 Å². The van der Waals surface area contributed by atoms with Gasteiger partial charge in [0, 0.05) is 26.2 Å². The van der Waals surface area contributed by atoms with Crippen LogP contribution in [0, 0.1) is 5.82 Å². The van der Waals surface area contributed by atoms with Crippen LogP contribution in [0.4, 0.5) is 10.1 Å². The lowest BCUT2D eigenvalue weighted by atomic mass is 10.1. The maximum Gasteiger partial charge on any atom is 0.146 e. The summed E-state index contributed by atoms with van der Waals surface area (Å²) in [6, 6.07) is 6.02. The first-order valence-corrected chi connectivity index (χ1v) is 7.44. The van der Waals surface area contributed by atoms with Gasteiger partial charge in [-0.25, -0.2) is 4.39 Å². The van der Waals surface area contributed by atoms with Crippen molar-refractivity contribution in [2.24, 2.45) is 0 Å². The van der Waals surface area contributed by atoms with E-state index in [-0.39, 0.29) is 5.82 Å². The average molecular weight is 279 g/mol. The molecule has 1 aliphatic carbocycles. The van der Waals surface area contributed by atoms with Gasteiger partial charge in [-0.2, -0.15) is 0 Å². The van der Waals surface area contributed by atoms with Gasteiger partial charge in [0.15, 0.2) is 0 Å². The van der Waals surface area contributed by atoms with Gasteiger partial charge in [-0.15, -0.1) is 0 Å². The van der Waals surface area contributed by atoms with Crippen LogP contribution >= 0.6 is 0 Å². The van der Waals surface area contributed by atoms with Gasteiger partial charge in [-0.1, -0.05) is 12.1 Å². The van der Waals surface area contributed by atoms with E-state index in [0.29, 0.717) is 6.04 Å². The van der Waals surface area contributed by atoms with Crippen molar-refractivity contribution < 1.29 is 4.39 Å². The fourth-order valence-electron chi connectivity index (χ4n) is 2.41. The predicted octanol–water partition coefficient (Wildman–Crippen LogP) is 2.47. The summed E-state index contributed by atoms with van der Waals surface area (Å²) in [6.07, 6.45) is 3.54. The van der Waals surface area contributed by atoms with Crippen LogP contribution in [0.3, 0.4) is 0 Å². The minimum Gasteiger partial charge on any atom is -0.372 e. The van der Waals surface area contributed by atoms with Gasteiger partial charge in [-0.3, -0.25) is 0 Å². The number of hydrogen-bond donors (Lipinski definition) is 1. The number of anilines is 1. The number of nitrogens with one attached hydrogen (secondary N) is 1. The molecule has 1 aromatic rings. The van der Waals surface area contributed by atoms with Crippen molar-refractivity contribution in [3.8, 4) is 0 Å². The summed E-state index contributed by atoms with van der Waals surface area (Å²) in [5, 5.41) is 3.47. The van der Waals surface area contributed by atoms with E-state index in [4.69, 9.17) is 0 Å². The number of para-hydroxylation sites is 1. The molecule has 20 heavy (non-hydrogen) atoms. The first-order chi connectivity index (χ1) is 9.58. The van der Waals surface area contributed by atoms with E-state index in [2.05, 4.69) is 24.3 Å². The lowest BCUT2D eigenvalue weighted by Crippen LogP contribution is -2.26. The first kappa shape index (κ1) is 15.3. The molecular formula is C16H26FN3. The Kier molecular flexibility index (Phi) is 5.38. The molecule has 0 radical (unpaired) electrons. The van der Waals surface area contributed by atoms with Crippen molar-refractivity contribution >= 4 is 5.69 Å². The molecule has 2 rings (SSSR count). The Hall–Kier alpha value is -1.13. The zero-order valence-corrected chi connectivity index (χ0v) is 12.8. The van der Waals surface area contributed by atoms with E-state index in [1.807, 2.05) is 18.0 Å². The highest BCUT2D eigenvalue weighted by Gasteiger charge is 2.21. The molecule has 0 aromatic heterocycles. The van der Waals surface area contributed by atoms with E-state index in [0.717, 1.165) is 37.3 Å². The average Bonchev–Trinajstić information content (AvgIpc) is 3.19. The van der Waals surface area contributed by atoms with E-state index < -0.39 is 0 Å². The fraction of sp³-hybridized carbons (Fsp3) is 0.625. The van der Waals surface area contributed by atoms with Crippen LogP contribution in [0.5, 0.6) is 0 Å². The summed E-state index contributed by atoms with van der Waals surface area (Å²) in [6.45, 7) is 2.65. The monoisotopic (exact) mass is 279 g/mol. The Morgan fingerprint density at radius 3 is 2.60 bits per heavy atom. The van der Waals surface area contributed by atoms with E-state index in [9.17, 15) is 4.39 Å². The highest BCUT2D eigenvalue weighted by atomic mass is 19.1. The number of halogens is 1. The molecule has 0 atom stereocenters. The molecular weight excluding hydrogens is 253 g/mol. The van der Waals surface area contributed by atoms with E-state index in [1.165, 1.54) is 12.8 Å². The molecule has 0 spiro atoms. The Morgan fingerprint density at radius 2 is 1.95 bits per heavy atom. The largest absolute Gasteiger partial charge is 0.372 e. The standard InChI is InChI=1S/C16H26FN3/c1-19(2)10-5-11-20(3)16-13(6-4-7-15(16)17)12-18-14-8-9-14/h4,6-7,14,18H,5,8-12H2,1-3H3. The molecule has 1 aromatic carbocycles. The Bertz CT molecular complexity index is 430. The van der Waals surface area contributed by atoms with Crippen LogP contribution in [-0.2, 0) is 6.54 Å². The second kappa shape index (κ2) is 7.04. The molecule has 0 saturated heterocycles. The summed E-state index contributed by atoms with van der Waals surface area (Å²) in [4.78, 5) is 4.20. The van der Waals surface area contributed by atoms with Crippen molar-refractivity contribution in [3.63, 3.8) is 0 Å². The van der Waals surface area contributed by atoms with Crippen LogP contribution in [0.25, 0.3) is 0 Å². The third-order valence-electron chi connectivity index (χ3n) is 3.71. The molecule has 4 heteroatoms.